The van der Waals surface area contributed by atoms with Crippen molar-refractivity contribution in [3.63, 3.8) is 0 Å². The Hall–Kier alpha value is -1.36. The van der Waals surface area contributed by atoms with Crippen molar-refractivity contribution in [1.82, 2.24) is 5.32 Å². The zero-order chi connectivity index (χ0) is 36.3. The summed E-state index contributed by atoms with van der Waals surface area (Å²) < 4.78 is 49.0. The van der Waals surface area contributed by atoms with Crippen molar-refractivity contribution in [2.45, 2.75) is 135 Å². The van der Waals surface area contributed by atoms with Crippen LogP contribution in [0.2, 0.25) is 0 Å². The van der Waals surface area contributed by atoms with Crippen LogP contribution in [0.5, 0.6) is 0 Å². The highest BCUT2D eigenvalue weighted by molar-refractivity contribution is 5.81. The topological polar surface area (TPSA) is 382 Å². The summed E-state index contributed by atoms with van der Waals surface area (Å²) in [5, 5.41) is 76.0. The van der Waals surface area contributed by atoms with E-state index in [0.717, 1.165) is 0 Å². The van der Waals surface area contributed by atoms with Gasteiger partial charge in [-0.15, -0.1) is 0 Å². The van der Waals surface area contributed by atoms with Gasteiger partial charge in [0, 0.05) is 25.7 Å². The van der Waals surface area contributed by atoms with Crippen LogP contribution >= 0.6 is 0 Å². The molecular weight excluding hydrogens is 665 g/mol. The highest BCUT2D eigenvalue weighted by Crippen LogP contribution is 2.34. The maximum Gasteiger partial charge on any atom is 0.252 e. The quantitative estimate of drug-likeness (QED) is 0.0840. The summed E-state index contributed by atoms with van der Waals surface area (Å²) in [6.45, 7) is -1.67. The van der Waals surface area contributed by atoms with Crippen molar-refractivity contribution in [3.8, 4) is 0 Å². The monoisotopic (exact) mass is 717 g/mol. The minimum atomic E-state index is -2.16. The Morgan fingerprint density at radius 1 is 0.755 bits per heavy atom. The van der Waals surface area contributed by atoms with Gasteiger partial charge in [-0.1, -0.05) is 0 Å². The molecule has 3 heterocycles. The predicted molar refractivity (Wildman–Crippen MR) is 161 cm³/mol. The largest absolute Gasteiger partial charge is 0.394 e. The van der Waals surface area contributed by atoms with Gasteiger partial charge in [0.05, 0.1) is 36.9 Å². The van der Waals surface area contributed by atoms with Crippen molar-refractivity contribution >= 4 is 5.91 Å². The third kappa shape index (κ3) is 8.82. The zero-order valence-electron chi connectivity index (χ0n) is 26.6. The summed E-state index contributed by atoms with van der Waals surface area (Å²) in [7, 11) is 0. The Balaban J connectivity index is 1.56. The number of amides is 1. The van der Waals surface area contributed by atoms with Gasteiger partial charge in [0.2, 0.25) is 0 Å². The smallest absolute Gasteiger partial charge is 0.252 e. The van der Waals surface area contributed by atoms with Crippen LogP contribution in [-0.4, -0.2) is 190 Å². The molecule has 22 heteroatoms. The van der Waals surface area contributed by atoms with Crippen LogP contribution in [-0.2, 0) is 33.2 Å². The number of rotatable bonds is 13. The van der Waals surface area contributed by atoms with Crippen LogP contribution in [0.25, 0.3) is 0 Å². The molecule has 1 amide bonds. The van der Waals surface area contributed by atoms with Crippen molar-refractivity contribution in [2.24, 2.45) is 34.4 Å². The molecule has 0 bridgehead atoms. The predicted octanol–water partition coefficient (Wildman–Crippen LogP) is -9.05. The SMILES string of the molecule is NC[C@@H](F)[C@H](O)C(=O)N[C@@H]1C[C@H](N)[C@@H](O[C@H]2O[C@H](CN)[C@@H](O)C[C@H]2N)[C@H](O[C@@H]2O[C@H](CO)[C@@H](O[C@H]3O[C@@H](CN)[C@@H](O)[C@H](O)[C@H]3N)[C@H]2O)[C@H]1O. The molecule has 4 rings (SSSR count). The van der Waals surface area contributed by atoms with E-state index in [9.17, 15) is 44.9 Å². The van der Waals surface area contributed by atoms with Gasteiger partial charge in [0.15, 0.2) is 25.0 Å². The molecule has 0 radical (unpaired) electrons. The lowest BCUT2D eigenvalue weighted by atomic mass is 9.83. The number of halogens is 1. The molecule has 1 saturated carbocycles. The van der Waals surface area contributed by atoms with Gasteiger partial charge >= 0.3 is 0 Å². The minimum Gasteiger partial charge on any atom is -0.394 e. The molecule has 0 aromatic heterocycles. The lowest BCUT2D eigenvalue weighted by molar-refractivity contribution is -0.296. The maximum absolute atomic E-state index is 14.0. The van der Waals surface area contributed by atoms with Crippen molar-refractivity contribution < 1.29 is 73.4 Å². The molecule has 0 spiro atoms. The standard InChI is InChI=1S/C27H52FN7O14/c28-7(3-29)16(38)24(43)35-10-1-8(32)21(47-25-9(33)2-11(37)12(4-30)44-25)23(17(10)39)49-27-20(42)22(14(6-36)46-27)48-26-15(34)19(41)18(40)13(5-31)45-26/h7-23,25-27,36-42H,1-6,29-34H2,(H,35,43)/t7-,8+,9-,10-,11+,12-,13+,14-,15-,16+,17+,18-,19-,20-,21-,22-,23-,25-,26-,27+/m1/s1. The first-order valence-corrected chi connectivity index (χ1v) is 16.1. The number of ether oxygens (including phenoxy) is 6. The average molecular weight is 718 g/mol. The normalized spacial score (nSPS) is 47.5. The van der Waals surface area contributed by atoms with Crippen LogP contribution in [0.4, 0.5) is 4.39 Å². The number of carbonyl (C=O) groups excluding carboxylic acids is 1. The molecule has 20 atom stereocenters. The van der Waals surface area contributed by atoms with Crippen molar-refractivity contribution in [2.75, 3.05) is 26.2 Å². The van der Waals surface area contributed by atoms with E-state index < -0.39 is 142 Å². The molecule has 0 unspecified atom stereocenters. The van der Waals surface area contributed by atoms with E-state index in [2.05, 4.69) is 5.32 Å². The fraction of sp³-hybridized carbons (Fsp3) is 0.963. The fourth-order valence-electron chi connectivity index (χ4n) is 6.39. The summed E-state index contributed by atoms with van der Waals surface area (Å²) >= 11 is 0. The van der Waals surface area contributed by atoms with E-state index in [4.69, 9.17) is 62.8 Å². The van der Waals surface area contributed by atoms with Crippen LogP contribution in [0.3, 0.4) is 0 Å². The second kappa shape index (κ2) is 17.4. The number of hydrogen-bond acceptors (Lipinski definition) is 20. The van der Waals surface area contributed by atoms with Crippen LogP contribution in [0.1, 0.15) is 12.8 Å². The number of alkyl halides is 1. The first-order valence-electron chi connectivity index (χ1n) is 16.1. The van der Waals surface area contributed by atoms with Gasteiger partial charge in [-0.25, -0.2) is 4.39 Å². The van der Waals surface area contributed by atoms with E-state index >= 15 is 0 Å². The van der Waals surface area contributed by atoms with Gasteiger partial charge in [-0.2, -0.15) is 0 Å². The van der Waals surface area contributed by atoms with E-state index in [-0.39, 0.29) is 25.9 Å². The summed E-state index contributed by atoms with van der Waals surface area (Å²) in [5.74, 6) is -1.19. The number of nitrogens with one attached hydrogen (secondary N) is 1. The Morgan fingerprint density at radius 2 is 1.35 bits per heavy atom. The molecule has 21 nitrogen and oxygen atoms in total. The lowest BCUT2D eigenvalue weighted by Crippen LogP contribution is -2.67. The third-order valence-corrected chi connectivity index (χ3v) is 9.34. The van der Waals surface area contributed by atoms with Gasteiger partial charge in [0.25, 0.3) is 5.91 Å². The first-order chi connectivity index (χ1) is 23.2. The molecule has 1 aliphatic carbocycles. The molecular formula is C27H52FN7O14. The van der Waals surface area contributed by atoms with Crippen LogP contribution < -0.4 is 39.7 Å². The van der Waals surface area contributed by atoms with E-state index in [1.807, 2.05) is 0 Å². The van der Waals surface area contributed by atoms with Gasteiger partial charge in [-0.05, 0) is 12.8 Å². The Kier molecular flexibility index (Phi) is 14.4. The third-order valence-electron chi connectivity index (χ3n) is 9.34. The van der Waals surface area contributed by atoms with Crippen LogP contribution in [0.15, 0.2) is 0 Å². The molecule has 286 valence electrons. The molecule has 0 aromatic carbocycles. The highest BCUT2D eigenvalue weighted by atomic mass is 19.1. The number of hydrogen-bond donors (Lipinski definition) is 14. The maximum atomic E-state index is 14.0. The van der Waals surface area contributed by atoms with E-state index in [0.29, 0.717) is 0 Å². The molecule has 3 aliphatic heterocycles. The zero-order valence-corrected chi connectivity index (χ0v) is 26.6. The Labute approximate surface area is 280 Å². The van der Waals surface area contributed by atoms with Gasteiger partial charge < -0.3 is 104 Å². The number of carbonyl (C=O) groups is 1. The van der Waals surface area contributed by atoms with E-state index in [1.165, 1.54) is 0 Å². The summed E-state index contributed by atoms with van der Waals surface area (Å²) in [6, 6.07) is -4.53. The average Bonchev–Trinajstić information content (AvgIpc) is 3.38. The number of nitrogens with two attached hydrogens (primary N) is 6. The minimum absolute atomic E-state index is 0.0362. The first kappa shape index (κ1) is 40.4. The Morgan fingerprint density at radius 3 is 1.96 bits per heavy atom. The second-order valence-corrected chi connectivity index (χ2v) is 12.8. The molecule has 3 saturated heterocycles. The number of aliphatic hydroxyl groups is 7. The summed E-state index contributed by atoms with van der Waals surface area (Å²) in [5.41, 5.74) is 35.2. The molecule has 49 heavy (non-hydrogen) atoms. The van der Waals surface area contributed by atoms with Crippen molar-refractivity contribution in [1.29, 1.82) is 0 Å². The molecule has 0 aromatic rings. The summed E-state index contributed by atoms with van der Waals surface area (Å²) in [6.07, 6.45) is -23.6. The van der Waals surface area contributed by atoms with Crippen LogP contribution in [0, 0.1) is 0 Å². The number of aliphatic hydroxyl groups excluding tert-OH is 7. The van der Waals surface area contributed by atoms with Gasteiger partial charge in [0.1, 0.15) is 61.1 Å². The van der Waals surface area contributed by atoms with E-state index in [1.54, 1.807) is 0 Å². The molecule has 4 fully saturated rings. The van der Waals surface area contributed by atoms with Crippen molar-refractivity contribution in [3.05, 3.63) is 0 Å². The fourth-order valence-corrected chi connectivity index (χ4v) is 6.39. The Bertz CT molecular complexity index is 1060. The second-order valence-electron chi connectivity index (χ2n) is 12.8. The lowest BCUT2D eigenvalue weighted by Gasteiger charge is -2.47. The van der Waals surface area contributed by atoms with Gasteiger partial charge in [-0.3, -0.25) is 4.79 Å². The molecule has 4 aliphatic rings. The highest BCUT2D eigenvalue weighted by Gasteiger charge is 2.54. The molecule has 20 N–H and O–H groups in total. The summed E-state index contributed by atoms with van der Waals surface area (Å²) in [4.78, 5) is 12.6.